The number of unbranched alkanes of at least 4 members (excludes halogenated alkanes) is 2. The van der Waals surface area contributed by atoms with Crippen molar-refractivity contribution >= 4 is 0 Å². The van der Waals surface area contributed by atoms with Crippen LogP contribution in [-0.2, 0) is 0 Å². The number of nitrogens with one attached hydrogen (secondary N) is 1. The maximum absolute atomic E-state index is 3.36. The van der Waals surface area contributed by atoms with Gasteiger partial charge in [-0.3, -0.25) is 0 Å². The van der Waals surface area contributed by atoms with E-state index in [1.807, 2.05) is 6.92 Å². The van der Waals surface area contributed by atoms with Gasteiger partial charge in [0.15, 0.2) is 0 Å². The average Bonchev–Trinajstić information content (AvgIpc) is 2.16. The van der Waals surface area contributed by atoms with Crippen LogP contribution >= 0.6 is 0 Å². The van der Waals surface area contributed by atoms with Gasteiger partial charge in [0.25, 0.3) is 0 Å². The lowest BCUT2D eigenvalue weighted by Gasteiger charge is -2.14. The van der Waals surface area contributed by atoms with E-state index in [0.29, 0.717) is 0 Å². The molecule has 0 spiro atoms. The molecule has 0 bridgehead atoms. The second kappa shape index (κ2) is 9.61. The quantitative estimate of drug-likeness (QED) is 0.470. The summed E-state index contributed by atoms with van der Waals surface area (Å²) in [4.78, 5) is 0. The van der Waals surface area contributed by atoms with Crippen molar-refractivity contribution in [2.24, 2.45) is 0 Å². The Morgan fingerprint density at radius 1 is 1.23 bits per heavy atom. The van der Waals surface area contributed by atoms with E-state index in [9.17, 15) is 0 Å². The molecule has 1 unspecified atom stereocenters. The van der Waals surface area contributed by atoms with Crippen molar-refractivity contribution in [2.75, 3.05) is 7.05 Å². The Morgan fingerprint density at radius 2 is 2.00 bits per heavy atom. The third-order valence-corrected chi connectivity index (χ3v) is 2.33. The molecule has 0 aromatic heterocycles. The average molecular weight is 181 g/mol. The van der Waals surface area contributed by atoms with Gasteiger partial charge in [0, 0.05) is 12.5 Å². The molecule has 76 valence electrons. The molecule has 0 fully saturated rings. The number of rotatable bonds is 7. The van der Waals surface area contributed by atoms with Crippen LogP contribution in [0.5, 0.6) is 0 Å². The summed E-state index contributed by atoms with van der Waals surface area (Å²) in [5, 5.41) is 3.36. The lowest BCUT2D eigenvalue weighted by molar-refractivity contribution is 0.464. The smallest absolute Gasteiger partial charge is 0.00885 e. The molecule has 0 aromatic rings. The van der Waals surface area contributed by atoms with Crippen molar-refractivity contribution in [3.05, 3.63) is 0 Å². The molecular formula is C12H23N. The molecular weight excluding hydrogens is 158 g/mol. The highest BCUT2D eigenvalue weighted by atomic mass is 14.9. The van der Waals surface area contributed by atoms with Crippen molar-refractivity contribution in [1.29, 1.82) is 0 Å². The third-order valence-electron chi connectivity index (χ3n) is 2.33. The molecule has 13 heavy (non-hydrogen) atoms. The standard InChI is InChI=1S/C12H23N/c1-4-6-7-8-9-11-12(13-3)10-5-2/h12-13H,5,7-11H2,1-3H3. The number of hydrogen-bond acceptors (Lipinski definition) is 1. The summed E-state index contributed by atoms with van der Waals surface area (Å²) >= 11 is 0. The molecule has 0 aliphatic rings. The predicted octanol–water partition coefficient (Wildman–Crippen LogP) is 2.96. The van der Waals surface area contributed by atoms with Gasteiger partial charge in [0.2, 0.25) is 0 Å². The Labute approximate surface area is 83.3 Å². The Hall–Kier alpha value is -0.480. The van der Waals surface area contributed by atoms with Gasteiger partial charge in [0.05, 0.1) is 0 Å². The first-order chi connectivity index (χ1) is 6.35. The van der Waals surface area contributed by atoms with E-state index >= 15 is 0 Å². The maximum atomic E-state index is 3.36. The summed E-state index contributed by atoms with van der Waals surface area (Å²) in [6.45, 7) is 4.15. The van der Waals surface area contributed by atoms with Gasteiger partial charge < -0.3 is 5.32 Å². The van der Waals surface area contributed by atoms with Crippen molar-refractivity contribution < 1.29 is 0 Å². The van der Waals surface area contributed by atoms with E-state index in [-0.39, 0.29) is 0 Å². The van der Waals surface area contributed by atoms with E-state index in [2.05, 4.69) is 31.1 Å². The lowest BCUT2D eigenvalue weighted by Crippen LogP contribution is -2.24. The first-order valence-electron chi connectivity index (χ1n) is 5.42. The summed E-state index contributed by atoms with van der Waals surface area (Å²) in [5.74, 6) is 6.03. The van der Waals surface area contributed by atoms with Crippen molar-refractivity contribution in [1.82, 2.24) is 5.32 Å². The van der Waals surface area contributed by atoms with Gasteiger partial charge in [-0.15, -0.1) is 11.8 Å². The zero-order valence-corrected chi connectivity index (χ0v) is 9.32. The fourth-order valence-corrected chi connectivity index (χ4v) is 1.51. The zero-order valence-electron chi connectivity index (χ0n) is 9.32. The van der Waals surface area contributed by atoms with E-state index < -0.39 is 0 Å². The molecule has 0 saturated heterocycles. The normalized spacial score (nSPS) is 11.9. The molecule has 0 aliphatic carbocycles. The van der Waals surface area contributed by atoms with E-state index in [4.69, 9.17) is 0 Å². The van der Waals surface area contributed by atoms with Crippen LogP contribution in [-0.4, -0.2) is 13.1 Å². The van der Waals surface area contributed by atoms with E-state index in [1.165, 1.54) is 32.1 Å². The summed E-state index contributed by atoms with van der Waals surface area (Å²) in [7, 11) is 2.06. The topological polar surface area (TPSA) is 12.0 Å². The SMILES string of the molecule is CC#CCCCCC(CCC)NC. The van der Waals surface area contributed by atoms with Gasteiger partial charge in [-0.2, -0.15) is 0 Å². The maximum Gasteiger partial charge on any atom is 0.00885 e. The van der Waals surface area contributed by atoms with E-state index in [1.54, 1.807) is 0 Å². The van der Waals surface area contributed by atoms with Gasteiger partial charge in [-0.25, -0.2) is 0 Å². The lowest BCUT2D eigenvalue weighted by atomic mass is 10.0. The predicted molar refractivity (Wildman–Crippen MR) is 59.7 cm³/mol. The molecule has 0 aliphatic heterocycles. The molecule has 1 nitrogen and oxygen atoms in total. The van der Waals surface area contributed by atoms with Crippen LogP contribution < -0.4 is 5.32 Å². The summed E-state index contributed by atoms with van der Waals surface area (Å²) in [5.41, 5.74) is 0. The second-order valence-electron chi connectivity index (χ2n) is 3.45. The van der Waals surface area contributed by atoms with Gasteiger partial charge in [-0.05, 0) is 33.2 Å². The third kappa shape index (κ3) is 7.87. The minimum Gasteiger partial charge on any atom is -0.317 e. The van der Waals surface area contributed by atoms with Crippen LogP contribution in [0.4, 0.5) is 0 Å². The van der Waals surface area contributed by atoms with Crippen molar-refractivity contribution in [3.63, 3.8) is 0 Å². The fraction of sp³-hybridized carbons (Fsp3) is 0.833. The van der Waals surface area contributed by atoms with Crippen LogP contribution in [0.3, 0.4) is 0 Å². The Bertz CT molecular complexity index is 152. The van der Waals surface area contributed by atoms with Crippen molar-refractivity contribution in [2.45, 2.75) is 58.4 Å². The summed E-state index contributed by atoms with van der Waals surface area (Å²) in [6.07, 6.45) is 7.51. The van der Waals surface area contributed by atoms with Crippen LogP contribution in [0.15, 0.2) is 0 Å². The first kappa shape index (κ1) is 12.5. The van der Waals surface area contributed by atoms with Crippen LogP contribution in [0.2, 0.25) is 0 Å². The fourth-order valence-electron chi connectivity index (χ4n) is 1.51. The van der Waals surface area contributed by atoms with Gasteiger partial charge >= 0.3 is 0 Å². The summed E-state index contributed by atoms with van der Waals surface area (Å²) < 4.78 is 0. The molecule has 1 heteroatoms. The molecule has 0 radical (unpaired) electrons. The largest absolute Gasteiger partial charge is 0.317 e. The molecule has 0 heterocycles. The first-order valence-corrected chi connectivity index (χ1v) is 5.42. The zero-order chi connectivity index (χ0) is 9.94. The highest BCUT2D eigenvalue weighted by molar-refractivity contribution is 4.94. The van der Waals surface area contributed by atoms with Gasteiger partial charge in [-0.1, -0.05) is 19.8 Å². The molecule has 1 N–H and O–H groups in total. The molecule has 0 amide bonds. The highest BCUT2D eigenvalue weighted by Crippen LogP contribution is 2.07. The molecule has 0 saturated carbocycles. The minimum atomic E-state index is 0.722. The summed E-state index contributed by atoms with van der Waals surface area (Å²) in [6, 6.07) is 0.722. The Balaban J connectivity index is 3.30. The van der Waals surface area contributed by atoms with Crippen LogP contribution in [0, 0.1) is 11.8 Å². The Morgan fingerprint density at radius 3 is 2.54 bits per heavy atom. The molecule has 1 atom stereocenters. The van der Waals surface area contributed by atoms with Crippen molar-refractivity contribution in [3.8, 4) is 11.8 Å². The second-order valence-corrected chi connectivity index (χ2v) is 3.45. The highest BCUT2D eigenvalue weighted by Gasteiger charge is 2.02. The van der Waals surface area contributed by atoms with E-state index in [0.717, 1.165) is 12.5 Å². The monoisotopic (exact) mass is 181 g/mol. The molecule has 0 aromatic carbocycles. The van der Waals surface area contributed by atoms with Crippen LogP contribution in [0.1, 0.15) is 52.4 Å². The molecule has 0 rings (SSSR count). The van der Waals surface area contributed by atoms with Crippen LogP contribution in [0.25, 0.3) is 0 Å². The van der Waals surface area contributed by atoms with Gasteiger partial charge in [0.1, 0.15) is 0 Å². The number of hydrogen-bond donors (Lipinski definition) is 1. The minimum absolute atomic E-state index is 0.722. The Kier molecular flexibility index (Phi) is 9.25.